The monoisotopic (exact) mass is 214 g/mol. The lowest BCUT2D eigenvalue weighted by atomic mass is 10.0. The molecule has 0 saturated heterocycles. The molecule has 0 spiro atoms. The van der Waals surface area contributed by atoms with Crippen molar-refractivity contribution in [2.75, 3.05) is 6.54 Å². The van der Waals surface area contributed by atoms with E-state index >= 15 is 0 Å². The highest BCUT2D eigenvalue weighted by Gasteiger charge is 2.04. The molecule has 0 bridgehead atoms. The fourth-order valence-electron chi connectivity index (χ4n) is 2.14. The fourth-order valence-corrected chi connectivity index (χ4v) is 2.14. The number of fused-ring (bicyclic) bond motifs is 1. The molecule has 0 amide bonds. The second kappa shape index (κ2) is 4.62. The van der Waals surface area contributed by atoms with E-state index in [0.29, 0.717) is 0 Å². The Kier molecular flexibility index (Phi) is 3.20. The lowest BCUT2D eigenvalue weighted by Gasteiger charge is -2.08. The summed E-state index contributed by atoms with van der Waals surface area (Å²) in [5, 5.41) is 1.26. The number of nitrogens with two attached hydrogens (primary N) is 1. The van der Waals surface area contributed by atoms with Crippen molar-refractivity contribution in [2.45, 2.75) is 26.7 Å². The standard InChI is InChI=1S/C14H18N2/c1-10-9-11(2)16-14-12(6-4-8-15)5-3-7-13(10)14/h3,5,7,9H,4,6,8,15H2,1-2H3. The Balaban J connectivity index is 2.57. The molecule has 0 aliphatic rings. The van der Waals surface area contributed by atoms with Gasteiger partial charge in [-0.1, -0.05) is 18.2 Å². The van der Waals surface area contributed by atoms with E-state index in [1.165, 1.54) is 16.5 Å². The van der Waals surface area contributed by atoms with Gasteiger partial charge >= 0.3 is 0 Å². The summed E-state index contributed by atoms with van der Waals surface area (Å²) in [4.78, 5) is 4.65. The zero-order chi connectivity index (χ0) is 11.5. The van der Waals surface area contributed by atoms with Gasteiger partial charge in [-0.2, -0.15) is 0 Å². The Labute approximate surface area is 96.5 Å². The van der Waals surface area contributed by atoms with Crippen molar-refractivity contribution in [1.82, 2.24) is 4.98 Å². The van der Waals surface area contributed by atoms with Gasteiger partial charge in [-0.25, -0.2) is 0 Å². The summed E-state index contributed by atoms with van der Waals surface area (Å²) in [6, 6.07) is 8.54. The van der Waals surface area contributed by atoms with Crippen LogP contribution in [0.3, 0.4) is 0 Å². The normalized spacial score (nSPS) is 10.9. The molecule has 2 rings (SSSR count). The molecule has 84 valence electrons. The topological polar surface area (TPSA) is 38.9 Å². The third kappa shape index (κ3) is 2.07. The van der Waals surface area contributed by atoms with Gasteiger partial charge in [0.05, 0.1) is 5.52 Å². The number of aryl methyl sites for hydroxylation is 3. The molecule has 0 radical (unpaired) electrons. The van der Waals surface area contributed by atoms with Crippen LogP contribution in [-0.2, 0) is 6.42 Å². The summed E-state index contributed by atoms with van der Waals surface area (Å²) in [5.74, 6) is 0. The quantitative estimate of drug-likeness (QED) is 0.853. The Morgan fingerprint density at radius 1 is 1.25 bits per heavy atom. The van der Waals surface area contributed by atoms with E-state index in [1.807, 2.05) is 6.92 Å². The van der Waals surface area contributed by atoms with E-state index in [2.05, 4.69) is 36.2 Å². The average molecular weight is 214 g/mol. The number of hydrogen-bond acceptors (Lipinski definition) is 2. The second-order valence-electron chi connectivity index (χ2n) is 4.29. The van der Waals surface area contributed by atoms with E-state index in [4.69, 9.17) is 5.73 Å². The molecular formula is C14H18N2. The molecule has 2 nitrogen and oxygen atoms in total. The van der Waals surface area contributed by atoms with Crippen molar-refractivity contribution in [1.29, 1.82) is 0 Å². The number of pyridine rings is 1. The molecule has 1 aromatic heterocycles. The largest absolute Gasteiger partial charge is 0.330 e. The summed E-state index contributed by atoms with van der Waals surface area (Å²) in [5.41, 5.74) is 10.4. The minimum absolute atomic E-state index is 0.737. The number of hydrogen-bond donors (Lipinski definition) is 1. The van der Waals surface area contributed by atoms with Crippen LogP contribution in [0.25, 0.3) is 10.9 Å². The van der Waals surface area contributed by atoms with Gasteiger partial charge < -0.3 is 5.73 Å². The SMILES string of the molecule is Cc1cc(C)c2cccc(CCCN)c2n1. The van der Waals surface area contributed by atoms with Crippen LogP contribution in [0.15, 0.2) is 24.3 Å². The minimum atomic E-state index is 0.737. The molecule has 0 atom stereocenters. The van der Waals surface area contributed by atoms with E-state index in [1.54, 1.807) is 0 Å². The molecule has 0 aliphatic heterocycles. The van der Waals surface area contributed by atoms with Gasteiger partial charge in [-0.3, -0.25) is 4.98 Å². The molecule has 2 aromatic rings. The number of benzene rings is 1. The van der Waals surface area contributed by atoms with Crippen molar-refractivity contribution in [3.63, 3.8) is 0 Å². The van der Waals surface area contributed by atoms with E-state index in [9.17, 15) is 0 Å². The Morgan fingerprint density at radius 3 is 2.81 bits per heavy atom. The van der Waals surface area contributed by atoms with Gasteiger partial charge in [0.2, 0.25) is 0 Å². The van der Waals surface area contributed by atoms with Crippen molar-refractivity contribution in [3.05, 3.63) is 41.1 Å². The van der Waals surface area contributed by atoms with Crippen LogP contribution in [0, 0.1) is 13.8 Å². The summed E-state index contributed by atoms with van der Waals surface area (Å²) in [7, 11) is 0. The molecule has 2 heteroatoms. The van der Waals surface area contributed by atoms with Crippen molar-refractivity contribution < 1.29 is 0 Å². The first-order valence-electron chi connectivity index (χ1n) is 5.78. The number of para-hydroxylation sites is 1. The Bertz CT molecular complexity index is 503. The van der Waals surface area contributed by atoms with Gasteiger partial charge in [0.1, 0.15) is 0 Å². The van der Waals surface area contributed by atoms with Crippen LogP contribution in [-0.4, -0.2) is 11.5 Å². The molecule has 0 fully saturated rings. The summed E-state index contributed by atoms with van der Waals surface area (Å²) < 4.78 is 0. The second-order valence-corrected chi connectivity index (χ2v) is 4.29. The van der Waals surface area contributed by atoms with E-state index in [0.717, 1.165) is 30.6 Å². The van der Waals surface area contributed by atoms with Crippen LogP contribution in [0.4, 0.5) is 0 Å². The molecule has 0 aliphatic carbocycles. The zero-order valence-corrected chi connectivity index (χ0v) is 9.96. The van der Waals surface area contributed by atoms with Crippen molar-refractivity contribution >= 4 is 10.9 Å². The summed E-state index contributed by atoms with van der Waals surface area (Å²) >= 11 is 0. The molecular weight excluding hydrogens is 196 g/mol. The number of nitrogens with zero attached hydrogens (tertiary/aromatic N) is 1. The smallest absolute Gasteiger partial charge is 0.0739 e. The van der Waals surface area contributed by atoms with Crippen molar-refractivity contribution in [3.8, 4) is 0 Å². The maximum absolute atomic E-state index is 5.56. The van der Waals surface area contributed by atoms with Gasteiger partial charge in [-0.05, 0) is 50.4 Å². The molecule has 1 aromatic carbocycles. The molecule has 0 saturated carbocycles. The number of aromatic nitrogens is 1. The first-order valence-corrected chi connectivity index (χ1v) is 5.78. The van der Waals surface area contributed by atoms with Crippen LogP contribution in [0.5, 0.6) is 0 Å². The average Bonchev–Trinajstić information content (AvgIpc) is 2.26. The van der Waals surface area contributed by atoms with Crippen LogP contribution in [0.1, 0.15) is 23.2 Å². The predicted molar refractivity (Wildman–Crippen MR) is 68.6 cm³/mol. The first-order chi connectivity index (χ1) is 7.72. The van der Waals surface area contributed by atoms with Gasteiger partial charge in [0, 0.05) is 11.1 Å². The maximum atomic E-state index is 5.56. The van der Waals surface area contributed by atoms with Gasteiger partial charge in [0.25, 0.3) is 0 Å². The lowest BCUT2D eigenvalue weighted by molar-refractivity contribution is 0.835. The molecule has 0 unspecified atom stereocenters. The van der Waals surface area contributed by atoms with E-state index in [-0.39, 0.29) is 0 Å². The third-order valence-electron chi connectivity index (χ3n) is 2.91. The Hall–Kier alpha value is -1.41. The minimum Gasteiger partial charge on any atom is -0.330 e. The zero-order valence-electron chi connectivity index (χ0n) is 9.96. The molecule has 2 N–H and O–H groups in total. The van der Waals surface area contributed by atoms with Crippen molar-refractivity contribution in [2.24, 2.45) is 5.73 Å². The molecule has 16 heavy (non-hydrogen) atoms. The summed E-state index contributed by atoms with van der Waals surface area (Å²) in [6.45, 7) is 4.93. The number of rotatable bonds is 3. The third-order valence-corrected chi connectivity index (χ3v) is 2.91. The van der Waals surface area contributed by atoms with Crippen LogP contribution in [0.2, 0.25) is 0 Å². The fraction of sp³-hybridized carbons (Fsp3) is 0.357. The molecule has 1 heterocycles. The predicted octanol–water partition coefficient (Wildman–Crippen LogP) is 2.74. The lowest BCUT2D eigenvalue weighted by Crippen LogP contribution is -2.01. The summed E-state index contributed by atoms with van der Waals surface area (Å²) in [6.07, 6.45) is 2.04. The van der Waals surface area contributed by atoms with E-state index < -0.39 is 0 Å². The van der Waals surface area contributed by atoms with Crippen LogP contribution >= 0.6 is 0 Å². The van der Waals surface area contributed by atoms with Gasteiger partial charge in [-0.15, -0.1) is 0 Å². The maximum Gasteiger partial charge on any atom is 0.0739 e. The van der Waals surface area contributed by atoms with Gasteiger partial charge in [0.15, 0.2) is 0 Å². The highest BCUT2D eigenvalue weighted by Crippen LogP contribution is 2.21. The van der Waals surface area contributed by atoms with Crippen LogP contribution < -0.4 is 5.73 Å². The highest BCUT2D eigenvalue weighted by molar-refractivity contribution is 5.85. The highest BCUT2D eigenvalue weighted by atomic mass is 14.7. The first kappa shape index (κ1) is 11.1. The Morgan fingerprint density at radius 2 is 2.06 bits per heavy atom.